The molecule has 0 aliphatic carbocycles. The predicted molar refractivity (Wildman–Crippen MR) is 64.4 cm³/mol. The Morgan fingerprint density at radius 3 is 2.64 bits per heavy atom. The average molecular weight is 276 g/mol. The number of thiophene rings is 1. The maximum absolute atomic E-state index is 11.7. The van der Waals surface area contributed by atoms with Gasteiger partial charge in [-0.3, -0.25) is 4.79 Å². The van der Waals surface area contributed by atoms with Crippen molar-refractivity contribution in [3.05, 3.63) is 21.9 Å². The average Bonchev–Trinajstić information content (AvgIpc) is 2.51. The van der Waals surface area contributed by atoms with E-state index in [1.807, 2.05) is 32.9 Å². The molecule has 0 aromatic carbocycles. The number of carbonyl (C=O) groups excluding carboxylic acids is 1. The van der Waals surface area contributed by atoms with Crippen molar-refractivity contribution in [3.63, 3.8) is 0 Å². The van der Waals surface area contributed by atoms with Gasteiger partial charge in [-0.2, -0.15) is 0 Å². The van der Waals surface area contributed by atoms with Crippen molar-refractivity contribution in [1.29, 1.82) is 0 Å². The van der Waals surface area contributed by atoms with Gasteiger partial charge in [0, 0.05) is 15.7 Å². The molecular weight excluding hydrogens is 262 g/mol. The fourth-order valence-electron chi connectivity index (χ4n) is 0.959. The molecule has 14 heavy (non-hydrogen) atoms. The molecular formula is C10H14BrNOS. The molecule has 1 N–H and O–H groups in total. The summed E-state index contributed by atoms with van der Waals surface area (Å²) in [4.78, 5) is 13.6. The number of aryl methyl sites for hydroxylation is 1. The highest BCUT2D eigenvalue weighted by molar-refractivity contribution is 9.09. The molecule has 0 unspecified atom stereocenters. The number of carbonyl (C=O) groups is 1. The van der Waals surface area contributed by atoms with Gasteiger partial charge in [0.25, 0.3) is 5.91 Å². The topological polar surface area (TPSA) is 29.1 Å². The number of halogens is 1. The number of alkyl halides is 1. The Morgan fingerprint density at radius 1 is 1.57 bits per heavy atom. The van der Waals surface area contributed by atoms with E-state index in [9.17, 15) is 4.79 Å². The van der Waals surface area contributed by atoms with E-state index in [1.165, 1.54) is 11.3 Å². The summed E-state index contributed by atoms with van der Waals surface area (Å²) in [6.45, 7) is 5.97. The number of rotatable bonds is 3. The van der Waals surface area contributed by atoms with Crippen LogP contribution in [0.1, 0.15) is 28.4 Å². The third kappa shape index (κ3) is 3.10. The first-order valence-electron chi connectivity index (χ1n) is 4.39. The zero-order valence-corrected chi connectivity index (χ0v) is 11.0. The quantitative estimate of drug-likeness (QED) is 0.845. The van der Waals surface area contributed by atoms with Crippen LogP contribution >= 0.6 is 27.3 Å². The Hall–Kier alpha value is -0.350. The molecule has 0 bridgehead atoms. The van der Waals surface area contributed by atoms with E-state index in [0.717, 1.165) is 15.1 Å². The smallest absolute Gasteiger partial charge is 0.261 e. The molecule has 0 radical (unpaired) electrons. The van der Waals surface area contributed by atoms with Crippen molar-refractivity contribution in [2.45, 2.75) is 26.3 Å². The Morgan fingerprint density at radius 2 is 2.21 bits per heavy atom. The van der Waals surface area contributed by atoms with Crippen LogP contribution in [0.2, 0.25) is 0 Å². The van der Waals surface area contributed by atoms with Crippen molar-refractivity contribution in [2.24, 2.45) is 0 Å². The second kappa shape index (κ2) is 4.45. The van der Waals surface area contributed by atoms with E-state index in [4.69, 9.17) is 0 Å². The molecule has 1 aromatic heterocycles. The van der Waals surface area contributed by atoms with Crippen LogP contribution < -0.4 is 5.32 Å². The molecule has 1 amide bonds. The maximum Gasteiger partial charge on any atom is 0.261 e. The van der Waals surface area contributed by atoms with E-state index in [1.54, 1.807) is 0 Å². The molecule has 0 atom stereocenters. The number of hydrogen-bond donors (Lipinski definition) is 1. The van der Waals surface area contributed by atoms with Gasteiger partial charge >= 0.3 is 0 Å². The normalized spacial score (nSPS) is 11.4. The highest BCUT2D eigenvalue weighted by Gasteiger charge is 2.20. The van der Waals surface area contributed by atoms with Gasteiger partial charge in [-0.1, -0.05) is 15.9 Å². The zero-order chi connectivity index (χ0) is 10.8. The van der Waals surface area contributed by atoms with Crippen LogP contribution in [-0.2, 0) is 0 Å². The van der Waals surface area contributed by atoms with Crippen molar-refractivity contribution in [2.75, 3.05) is 5.33 Å². The van der Waals surface area contributed by atoms with Crippen molar-refractivity contribution >= 4 is 33.2 Å². The lowest BCUT2D eigenvalue weighted by Crippen LogP contribution is -2.44. The second-order valence-electron chi connectivity index (χ2n) is 3.88. The minimum atomic E-state index is -0.199. The molecule has 0 aliphatic heterocycles. The molecule has 0 fully saturated rings. The van der Waals surface area contributed by atoms with Gasteiger partial charge in [-0.25, -0.2) is 0 Å². The Labute approximate surface area is 96.8 Å². The molecule has 1 aromatic rings. The van der Waals surface area contributed by atoms with Crippen LogP contribution in [0.3, 0.4) is 0 Å². The monoisotopic (exact) mass is 275 g/mol. The van der Waals surface area contributed by atoms with E-state index in [0.29, 0.717) is 0 Å². The van der Waals surface area contributed by atoms with Gasteiger partial charge in [-0.05, 0) is 32.9 Å². The third-order valence-corrected chi connectivity index (χ3v) is 4.15. The maximum atomic E-state index is 11.7. The lowest BCUT2D eigenvalue weighted by Gasteiger charge is -2.22. The first-order chi connectivity index (χ1) is 6.44. The van der Waals surface area contributed by atoms with Gasteiger partial charge in [0.2, 0.25) is 0 Å². The Kier molecular flexibility index (Phi) is 3.72. The summed E-state index contributed by atoms with van der Waals surface area (Å²) < 4.78 is 0. The van der Waals surface area contributed by atoms with Gasteiger partial charge < -0.3 is 5.32 Å². The van der Waals surface area contributed by atoms with E-state index >= 15 is 0 Å². The van der Waals surface area contributed by atoms with Crippen molar-refractivity contribution < 1.29 is 4.79 Å². The molecule has 1 rings (SSSR count). The van der Waals surface area contributed by atoms with Gasteiger partial charge in [0.05, 0.1) is 4.88 Å². The van der Waals surface area contributed by atoms with Gasteiger partial charge in [0.1, 0.15) is 0 Å². The molecule has 2 nitrogen and oxygen atoms in total. The fraction of sp³-hybridized carbons (Fsp3) is 0.500. The van der Waals surface area contributed by atoms with E-state index in [2.05, 4.69) is 21.2 Å². The summed E-state index contributed by atoms with van der Waals surface area (Å²) in [5.74, 6) is 0.00699. The largest absolute Gasteiger partial charge is 0.346 e. The first-order valence-corrected chi connectivity index (χ1v) is 6.33. The van der Waals surface area contributed by atoms with Crippen LogP contribution in [0, 0.1) is 6.92 Å². The van der Waals surface area contributed by atoms with E-state index < -0.39 is 0 Å². The van der Waals surface area contributed by atoms with Crippen LogP contribution in [0.25, 0.3) is 0 Å². The number of amides is 1. The van der Waals surface area contributed by atoms with E-state index in [-0.39, 0.29) is 11.4 Å². The minimum Gasteiger partial charge on any atom is -0.346 e. The van der Waals surface area contributed by atoms with Crippen molar-refractivity contribution in [3.8, 4) is 0 Å². The molecule has 0 saturated heterocycles. The summed E-state index contributed by atoms with van der Waals surface area (Å²) in [6, 6.07) is 3.82. The fourth-order valence-corrected chi connectivity index (χ4v) is 1.86. The molecule has 1 heterocycles. The molecule has 0 aliphatic rings. The predicted octanol–water partition coefficient (Wildman–Crippen LogP) is 2.96. The Balaban J connectivity index is 2.68. The van der Waals surface area contributed by atoms with Gasteiger partial charge in [-0.15, -0.1) is 11.3 Å². The summed E-state index contributed by atoms with van der Waals surface area (Å²) >= 11 is 4.89. The standard InChI is InChI=1S/C10H14BrNOS/c1-7-4-5-8(14-7)9(13)12-10(2,3)6-11/h4-5H,6H2,1-3H3,(H,12,13). The molecule has 0 spiro atoms. The second-order valence-corrected chi connectivity index (χ2v) is 5.73. The highest BCUT2D eigenvalue weighted by atomic mass is 79.9. The molecule has 78 valence electrons. The lowest BCUT2D eigenvalue weighted by atomic mass is 10.1. The third-order valence-electron chi connectivity index (χ3n) is 1.75. The summed E-state index contributed by atoms with van der Waals surface area (Å²) in [5, 5.41) is 3.71. The summed E-state index contributed by atoms with van der Waals surface area (Å²) in [5.41, 5.74) is -0.199. The van der Waals surface area contributed by atoms with Crippen molar-refractivity contribution in [1.82, 2.24) is 5.32 Å². The zero-order valence-electron chi connectivity index (χ0n) is 8.56. The SMILES string of the molecule is Cc1ccc(C(=O)NC(C)(C)CBr)s1. The minimum absolute atomic E-state index is 0.00699. The van der Waals surface area contributed by atoms with Crippen LogP contribution in [-0.4, -0.2) is 16.8 Å². The number of hydrogen-bond acceptors (Lipinski definition) is 2. The summed E-state index contributed by atoms with van der Waals surface area (Å²) in [7, 11) is 0. The van der Waals surface area contributed by atoms with Crippen LogP contribution in [0.15, 0.2) is 12.1 Å². The highest BCUT2D eigenvalue weighted by Crippen LogP contribution is 2.16. The lowest BCUT2D eigenvalue weighted by molar-refractivity contribution is 0.0925. The summed E-state index contributed by atoms with van der Waals surface area (Å²) in [6.07, 6.45) is 0. The number of nitrogens with one attached hydrogen (secondary N) is 1. The molecule has 4 heteroatoms. The molecule has 0 saturated carbocycles. The first kappa shape index (κ1) is 11.7. The van der Waals surface area contributed by atoms with Crippen LogP contribution in [0.5, 0.6) is 0 Å². The van der Waals surface area contributed by atoms with Crippen LogP contribution in [0.4, 0.5) is 0 Å². The Bertz CT molecular complexity index is 333. The van der Waals surface area contributed by atoms with Gasteiger partial charge in [0.15, 0.2) is 0 Å².